The van der Waals surface area contributed by atoms with Crippen molar-refractivity contribution in [2.75, 3.05) is 31.3 Å². The fourth-order valence-electron chi connectivity index (χ4n) is 2.24. The van der Waals surface area contributed by atoms with Crippen LogP contribution < -0.4 is 9.64 Å². The van der Waals surface area contributed by atoms with Gasteiger partial charge >= 0.3 is 0 Å². The van der Waals surface area contributed by atoms with E-state index < -0.39 is 6.67 Å². The molecule has 1 fully saturated rings. The Morgan fingerprint density at radius 1 is 1.50 bits per heavy atom. The van der Waals surface area contributed by atoms with E-state index in [4.69, 9.17) is 10.3 Å². The Labute approximate surface area is 115 Å². The third-order valence-corrected chi connectivity index (χ3v) is 3.10. The van der Waals surface area contributed by atoms with E-state index in [1.807, 2.05) is 0 Å². The number of amides is 1. The second-order valence-electron chi connectivity index (χ2n) is 4.49. The Morgan fingerprint density at radius 3 is 3.05 bits per heavy atom. The van der Waals surface area contributed by atoms with E-state index in [0.717, 1.165) is 0 Å². The molecule has 1 heterocycles. The molecule has 1 saturated heterocycles. The molecule has 0 saturated carbocycles. The van der Waals surface area contributed by atoms with Gasteiger partial charge in [-0.3, -0.25) is 4.79 Å². The first kappa shape index (κ1) is 14.1. The molecule has 0 aromatic heterocycles. The van der Waals surface area contributed by atoms with Crippen LogP contribution in [0.25, 0.3) is 10.4 Å². The number of benzene rings is 1. The second kappa shape index (κ2) is 6.77. The standard InChI is InChI=1S/C13H15FN4O2/c14-5-6-20-12-4-2-1-3-11(12)18-9-10(7-13(18)19)8-16-17-15/h1-4,10H,5-9H2. The zero-order valence-corrected chi connectivity index (χ0v) is 10.9. The van der Waals surface area contributed by atoms with Crippen molar-refractivity contribution in [3.05, 3.63) is 34.7 Å². The fourth-order valence-corrected chi connectivity index (χ4v) is 2.24. The van der Waals surface area contributed by atoms with Crippen molar-refractivity contribution >= 4 is 11.6 Å². The molecule has 0 aliphatic carbocycles. The first-order valence-corrected chi connectivity index (χ1v) is 6.35. The van der Waals surface area contributed by atoms with Crippen molar-refractivity contribution in [1.82, 2.24) is 0 Å². The third-order valence-electron chi connectivity index (χ3n) is 3.10. The molecule has 1 amide bonds. The van der Waals surface area contributed by atoms with Crippen LogP contribution in [0.1, 0.15) is 6.42 Å². The Hall–Kier alpha value is -2.27. The van der Waals surface area contributed by atoms with Gasteiger partial charge in [0.1, 0.15) is 19.0 Å². The molecule has 1 atom stereocenters. The largest absolute Gasteiger partial charge is 0.489 e. The van der Waals surface area contributed by atoms with Gasteiger partial charge < -0.3 is 9.64 Å². The Bertz CT molecular complexity index is 531. The van der Waals surface area contributed by atoms with Gasteiger partial charge in [0, 0.05) is 24.4 Å². The van der Waals surface area contributed by atoms with Gasteiger partial charge in [0.05, 0.1) is 5.69 Å². The molecule has 6 nitrogen and oxygen atoms in total. The number of hydrogen-bond acceptors (Lipinski definition) is 3. The van der Waals surface area contributed by atoms with Crippen molar-refractivity contribution in [1.29, 1.82) is 0 Å². The van der Waals surface area contributed by atoms with Gasteiger partial charge in [-0.25, -0.2) is 4.39 Å². The number of carbonyl (C=O) groups excluding carboxylic acids is 1. The summed E-state index contributed by atoms with van der Waals surface area (Å²) in [6, 6.07) is 7.04. The van der Waals surface area contributed by atoms with Gasteiger partial charge in [0.2, 0.25) is 5.91 Å². The van der Waals surface area contributed by atoms with E-state index in [1.54, 1.807) is 29.2 Å². The number of anilines is 1. The highest BCUT2D eigenvalue weighted by atomic mass is 19.1. The highest BCUT2D eigenvalue weighted by Crippen LogP contribution is 2.33. The number of rotatable bonds is 6. The molecule has 0 spiro atoms. The molecule has 106 valence electrons. The van der Waals surface area contributed by atoms with Crippen LogP contribution in [0.2, 0.25) is 0 Å². The smallest absolute Gasteiger partial charge is 0.227 e. The molecule has 2 rings (SSSR count). The quantitative estimate of drug-likeness (QED) is 0.455. The monoisotopic (exact) mass is 278 g/mol. The van der Waals surface area contributed by atoms with E-state index in [-0.39, 0.29) is 18.4 Å². The van der Waals surface area contributed by atoms with Crippen LogP contribution in [0.3, 0.4) is 0 Å². The predicted molar refractivity (Wildman–Crippen MR) is 72.4 cm³/mol. The SMILES string of the molecule is [N-]=[N+]=NCC1CC(=O)N(c2ccccc2OCCF)C1. The zero-order chi connectivity index (χ0) is 14.4. The van der Waals surface area contributed by atoms with Crippen LogP contribution >= 0.6 is 0 Å². The van der Waals surface area contributed by atoms with Gasteiger partial charge in [-0.15, -0.1) is 0 Å². The molecule has 1 aliphatic rings. The lowest BCUT2D eigenvalue weighted by Crippen LogP contribution is -2.25. The summed E-state index contributed by atoms with van der Waals surface area (Å²) in [5.74, 6) is 0.454. The average Bonchev–Trinajstić information content (AvgIpc) is 2.84. The van der Waals surface area contributed by atoms with Gasteiger partial charge in [0.25, 0.3) is 0 Å². The lowest BCUT2D eigenvalue weighted by Gasteiger charge is -2.20. The minimum absolute atomic E-state index is 0.00707. The number of carbonyl (C=O) groups is 1. The maximum absolute atomic E-state index is 12.2. The highest BCUT2D eigenvalue weighted by molar-refractivity contribution is 5.97. The summed E-state index contributed by atoms with van der Waals surface area (Å²) < 4.78 is 17.5. The first-order chi connectivity index (χ1) is 9.76. The Kier molecular flexibility index (Phi) is 4.79. The second-order valence-corrected chi connectivity index (χ2v) is 4.49. The molecule has 1 aromatic rings. The minimum Gasteiger partial charge on any atom is -0.489 e. The number of hydrogen-bond donors (Lipinski definition) is 0. The molecule has 0 N–H and O–H groups in total. The lowest BCUT2D eigenvalue weighted by molar-refractivity contribution is -0.117. The summed E-state index contributed by atoms with van der Waals surface area (Å²) in [5, 5.41) is 3.51. The summed E-state index contributed by atoms with van der Waals surface area (Å²) in [6.45, 7) is 0.156. The molecule has 1 unspecified atom stereocenters. The van der Waals surface area contributed by atoms with Crippen LogP contribution in [0, 0.1) is 5.92 Å². The van der Waals surface area contributed by atoms with E-state index >= 15 is 0 Å². The minimum atomic E-state index is -0.582. The molecule has 0 bridgehead atoms. The average molecular weight is 278 g/mol. The lowest BCUT2D eigenvalue weighted by atomic mass is 10.1. The summed E-state index contributed by atoms with van der Waals surface area (Å²) in [7, 11) is 0. The molecular weight excluding hydrogens is 263 g/mol. The predicted octanol–water partition coefficient (Wildman–Crippen LogP) is 2.70. The maximum Gasteiger partial charge on any atom is 0.227 e. The van der Waals surface area contributed by atoms with Crippen LogP contribution in [-0.2, 0) is 4.79 Å². The van der Waals surface area contributed by atoms with Crippen LogP contribution in [0.4, 0.5) is 10.1 Å². The van der Waals surface area contributed by atoms with E-state index in [1.165, 1.54) is 0 Å². The zero-order valence-electron chi connectivity index (χ0n) is 10.9. The van der Waals surface area contributed by atoms with Gasteiger partial charge in [-0.2, -0.15) is 0 Å². The van der Waals surface area contributed by atoms with Crippen molar-refractivity contribution in [2.45, 2.75) is 6.42 Å². The molecule has 20 heavy (non-hydrogen) atoms. The van der Waals surface area contributed by atoms with Crippen molar-refractivity contribution < 1.29 is 13.9 Å². The van der Waals surface area contributed by atoms with Crippen LogP contribution in [0.5, 0.6) is 5.75 Å². The van der Waals surface area contributed by atoms with Crippen molar-refractivity contribution in [3.63, 3.8) is 0 Å². The Morgan fingerprint density at radius 2 is 2.30 bits per heavy atom. The number of para-hydroxylation sites is 2. The summed E-state index contributed by atoms with van der Waals surface area (Å²) >= 11 is 0. The molecule has 0 radical (unpaired) electrons. The first-order valence-electron chi connectivity index (χ1n) is 6.35. The number of ether oxygens (including phenoxy) is 1. The normalized spacial score (nSPS) is 17.9. The summed E-state index contributed by atoms with van der Waals surface area (Å²) in [5.41, 5.74) is 8.95. The fraction of sp³-hybridized carbons (Fsp3) is 0.462. The maximum atomic E-state index is 12.2. The third kappa shape index (κ3) is 3.19. The van der Waals surface area contributed by atoms with Crippen LogP contribution in [0.15, 0.2) is 29.4 Å². The van der Waals surface area contributed by atoms with Gasteiger partial charge in [-0.1, -0.05) is 17.2 Å². The topological polar surface area (TPSA) is 78.3 Å². The molecular formula is C13H15FN4O2. The number of nitrogens with zero attached hydrogens (tertiary/aromatic N) is 4. The Balaban J connectivity index is 2.14. The number of azide groups is 1. The van der Waals surface area contributed by atoms with Crippen molar-refractivity contribution in [3.8, 4) is 5.75 Å². The summed E-state index contributed by atoms with van der Waals surface area (Å²) in [4.78, 5) is 16.3. The summed E-state index contributed by atoms with van der Waals surface area (Å²) in [6.07, 6.45) is 0.344. The van der Waals surface area contributed by atoms with E-state index in [0.29, 0.717) is 30.9 Å². The van der Waals surface area contributed by atoms with E-state index in [2.05, 4.69) is 10.0 Å². The van der Waals surface area contributed by atoms with Crippen molar-refractivity contribution in [2.24, 2.45) is 11.0 Å². The molecule has 1 aromatic carbocycles. The van der Waals surface area contributed by atoms with Gasteiger partial charge in [-0.05, 0) is 23.6 Å². The van der Waals surface area contributed by atoms with Crippen LogP contribution in [-0.4, -0.2) is 32.3 Å². The van der Waals surface area contributed by atoms with Gasteiger partial charge in [0.15, 0.2) is 0 Å². The number of halogens is 1. The van der Waals surface area contributed by atoms with E-state index in [9.17, 15) is 9.18 Å². The highest BCUT2D eigenvalue weighted by Gasteiger charge is 2.31. The number of alkyl halides is 1. The molecule has 1 aliphatic heterocycles. The molecule has 7 heteroatoms.